The number of hydrogen-bond acceptors (Lipinski definition) is 8. The van der Waals surface area contributed by atoms with Crippen molar-refractivity contribution < 1.29 is 34.1 Å². The first-order chi connectivity index (χ1) is 46.3. The van der Waals surface area contributed by atoms with E-state index in [0.29, 0.717) is 23.7 Å². The second-order valence-corrected chi connectivity index (χ2v) is 35.4. The predicted octanol–water partition coefficient (Wildman–Crippen LogP) is 22.7. The van der Waals surface area contributed by atoms with Gasteiger partial charge in [-0.05, 0) is 253 Å². The zero-order valence-electron chi connectivity index (χ0n) is 65.8. The normalized spacial score (nSPS) is 18.9. The Morgan fingerprint density at radius 2 is 1.10 bits per heavy atom. The number of hydrogen-bond donors (Lipinski definition) is 3. The molecule has 7 aromatic carbocycles. The summed E-state index contributed by atoms with van der Waals surface area (Å²) in [4.78, 5) is 35.9. The van der Waals surface area contributed by atoms with E-state index in [-0.39, 0.29) is 26.9 Å². The van der Waals surface area contributed by atoms with E-state index in [9.17, 15) is 24.6 Å². The van der Waals surface area contributed by atoms with Crippen LogP contribution in [0.1, 0.15) is 268 Å². The van der Waals surface area contributed by atoms with Crippen LogP contribution >= 0.6 is 12.6 Å². The van der Waals surface area contributed by atoms with Gasteiger partial charge in [0.05, 0.1) is 19.1 Å². The third-order valence-electron chi connectivity index (χ3n) is 21.0. The van der Waals surface area contributed by atoms with Crippen LogP contribution in [0.15, 0.2) is 152 Å². The Balaban J connectivity index is 0.000000198. The van der Waals surface area contributed by atoms with Crippen LogP contribution in [0.2, 0.25) is 0 Å². The molecule has 3 aliphatic rings. The first-order valence-electron chi connectivity index (χ1n) is 36.8. The van der Waals surface area contributed by atoms with Gasteiger partial charge in [-0.3, -0.25) is 4.79 Å². The molecule has 0 radical (unpaired) electrons. The molecule has 100 heavy (non-hydrogen) atoms. The van der Waals surface area contributed by atoms with Crippen LogP contribution in [-0.4, -0.2) is 54.2 Å². The fraction of sp³-hybridized carbons (Fsp3) is 0.505. The summed E-state index contributed by atoms with van der Waals surface area (Å²) in [5.41, 5.74) is 14.3. The number of amides is 1. The molecule has 3 aliphatic carbocycles. The number of benzene rings is 7. The average Bonchev–Trinajstić information content (AvgIpc) is 0.731. The molecule has 1 saturated carbocycles. The number of rotatable bonds is 10. The van der Waals surface area contributed by atoms with Crippen molar-refractivity contribution in [1.82, 2.24) is 4.90 Å². The van der Waals surface area contributed by atoms with Gasteiger partial charge in [0, 0.05) is 18.8 Å². The maximum Gasteiger partial charge on any atom is 0.418 e. The van der Waals surface area contributed by atoms with Gasteiger partial charge >= 0.3 is 11.9 Å². The van der Waals surface area contributed by atoms with E-state index in [1.807, 2.05) is 56.3 Å². The van der Waals surface area contributed by atoms with Crippen molar-refractivity contribution in [2.24, 2.45) is 17.3 Å². The standard InChI is InChI=1S/C21H34O.C21H24S.C19H24O.C16H22O4.C14H21NO/c1-14(2)21(7)10-8-17(9-11-21)18-12-15(3)19(16(4)13-18)20(5,6)22;1-20(2,3)18-14-10-6-8-12-16(14)19(21(4,5)22)17-13-9-7-11-15(17)18;1-15-7-3-4-8-18(15)16-9-11-17(12-10-16)19(20)13-5-2-6-14-19;1-15(2,3)11-8-7-9-12(10-11)16(4,5)20-14(18)13(17)19-6;1-14(2,3)12-8-6-7-11(9-12)10-13(16)15(4)5/h12-14,17,22H,8-11H2,1-7H3;6-13,22H,1-5H3;5,8-13,15,20H,2-4,6-7,14H2,1H3;7-10H,1-6H3;6-9H,10H2,1-5H3. The molecule has 2 unspecified atom stereocenters. The molecule has 542 valence electrons. The van der Waals surface area contributed by atoms with Crippen LogP contribution < -0.4 is 0 Å². The quantitative estimate of drug-likeness (QED) is 0.0411. The minimum absolute atomic E-state index is 0.00154. The Bertz CT molecular complexity index is 3820. The predicted molar refractivity (Wildman–Crippen MR) is 426 cm³/mol. The topological polar surface area (TPSA) is 113 Å². The number of aryl methyl sites for hydroxylation is 2. The zero-order chi connectivity index (χ0) is 74.7. The lowest BCUT2D eigenvalue weighted by molar-refractivity contribution is -0.174. The summed E-state index contributed by atoms with van der Waals surface area (Å²) in [5, 5.41) is 26.4. The highest BCUT2D eigenvalue weighted by Crippen LogP contribution is 2.49. The van der Waals surface area contributed by atoms with Gasteiger partial charge in [-0.2, -0.15) is 12.6 Å². The van der Waals surface area contributed by atoms with E-state index >= 15 is 0 Å². The van der Waals surface area contributed by atoms with Crippen molar-refractivity contribution in [1.29, 1.82) is 0 Å². The number of nitrogens with zero attached hydrogens (tertiary/aromatic N) is 1. The number of likely N-dealkylation sites (N-methyl/N-ethyl adjacent to an activating group) is 1. The largest absolute Gasteiger partial charge is 0.461 e. The van der Waals surface area contributed by atoms with Crippen LogP contribution in [0.3, 0.4) is 0 Å². The monoisotopic (exact) mass is 1380 g/mol. The molecular weight excluding hydrogens is 1250 g/mol. The SMILES string of the molecule is CC(C)(C)c1c2ccccc2c(C(C)(C)S)c2ccccc12.CC1CCCC=C1c1ccc(C2(O)C=CCCC2)cc1.CN(C)C(=O)Cc1cccc(C(C)(C)C)c1.COC(=O)C(=O)OC(C)(C)c1cccc(C(C)(C)C)c1.Cc1cc(C2CCC(C)(C(C)C)CC2)cc(C)c1C(C)(C)O. The Labute approximate surface area is 609 Å². The highest BCUT2D eigenvalue weighted by molar-refractivity contribution is 7.81. The van der Waals surface area contributed by atoms with E-state index in [1.54, 1.807) is 32.8 Å². The Kier molecular flexibility index (Phi) is 27.6. The van der Waals surface area contributed by atoms with Gasteiger partial charge in [0.25, 0.3) is 0 Å². The van der Waals surface area contributed by atoms with Crippen LogP contribution in [-0.2, 0) is 68.1 Å². The van der Waals surface area contributed by atoms with Gasteiger partial charge in [-0.15, -0.1) is 0 Å². The first kappa shape index (κ1) is 82.2. The molecule has 0 heterocycles. The molecule has 2 N–H and O–H groups in total. The van der Waals surface area contributed by atoms with Crippen molar-refractivity contribution in [3.05, 3.63) is 218 Å². The van der Waals surface area contributed by atoms with Crippen molar-refractivity contribution >= 4 is 57.6 Å². The number of fused-ring (bicyclic) bond motifs is 2. The molecule has 1 fully saturated rings. The number of esters is 2. The number of aliphatic hydroxyl groups is 2. The maximum atomic E-state index is 11.6. The second kappa shape index (κ2) is 33.6. The highest BCUT2D eigenvalue weighted by Gasteiger charge is 2.36. The number of carbonyl (C=O) groups excluding carboxylic acids is 3. The van der Waals surface area contributed by atoms with E-state index in [0.717, 1.165) is 60.1 Å². The summed E-state index contributed by atoms with van der Waals surface area (Å²) in [5.74, 6) is 0.289. The first-order valence-corrected chi connectivity index (χ1v) is 37.2. The lowest BCUT2D eigenvalue weighted by Crippen LogP contribution is -2.30. The van der Waals surface area contributed by atoms with Gasteiger partial charge in [-0.25, -0.2) is 9.59 Å². The van der Waals surface area contributed by atoms with Gasteiger partial charge in [0.2, 0.25) is 5.91 Å². The lowest BCUT2D eigenvalue weighted by Gasteiger charge is -2.41. The number of ether oxygens (including phenoxy) is 2. The summed E-state index contributed by atoms with van der Waals surface area (Å²) in [6, 6.07) is 46.9. The molecule has 10 rings (SSSR count). The molecule has 9 heteroatoms. The average molecular weight is 1380 g/mol. The van der Waals surface area contributed by atoms with Crippen LogP contribution in [0, 0.1) is 31.1 Å². The number of thiol groups is 1. The second-order valence-electron chi connectivity index (χ2n) is 34.2. The number of allylic oxidation sites excluding steroid dienone is 3. The molecule has 0 aromatic heterocycles. The maximum absolute atomic E-state index is 11.6. The van der Waals surface area contributed by atoms with Crippen molar-refractivity contribution in [2.75, 3.05) is 21.2 Å². The molecule has 7 aromatic rings. The minimum Gasteiger partial charge on any atom is -0.461 e. The molecule has 0 saturated heterocycles. The van der Waals surface area contributed by atoms with Crippen molar-refractivity contribution in [3.8, 4) is 0 Å². The molecule has 0 aliphatic heterocycles. The lowest BCUT2D eigenvalue weighted by atomic mass is 9.64. The molecule has 1 amide bonds. The third kappa shape index (κ3) is 21.6. The summed E-state index contributed by atoms with van der Waals surface area (Å²) in [6.07, 6.45) is 19.0. The highest BCUT2D eigenvalue weighted by atomic mass is 32.1. The molecule has 0 spiro atoms. The third-order valence-corrected chi connectivity index (χ3v) is 21.2. The van der Waals surface area contributed by atoms with Crippen LogP contribution in [0.4, 0.5) is 0 Å². The van der Waals surface area contributed by atoms with Gasteiger partial charge in [0.15, 0.2) is 0 Å². The van der Waals surface area contributed by atoms with Crippen molar-refractivity contribution in [3.63, 3.8) is 0 Å². The number of methoxy groups -OCH3 is 1. The zero-order valence-corrected chi connectivity index (χ0v) is 66.7. The molecule has 0 bridgehead atoms. The van der Waals surface area contributed by atoms with Crippen LogP contribution in [0.5, 0.6) is 0 Å². The Hall–Kier alpha value is -6.78. The van der Waals surface area contributed by atoms with E-state index in [1.165, 1.54) is 111 Å². The number of carbonyl (C=O) groups is 3. The minimum atomic E-state index is -0.995. The summed E-state index contributed by atoms with van der Waals surface area (Å²) < 4.78 is 9.40. The van der Waals surface area contributed by atoms with Crippen LogP contribution in [0.25, 0.3) is 27.1 Å². The van der Waals surface area contributed by atoms with E-state index in [2.05, 4.69) is 232 Å². The summed E-state index contributed by atoms with van der Waals surface area (Å²) >= 11 is 4.90. The van der Waals surface area contributed by atoms with Gasteiger partial charge < -0.3 is 24.6 Å². The summed E-state index contributed by atoms with van der Waals surface area (Å²) in [7, 11) is 4.72. The molecule has 8 nitrogen and oxygen atoms in total. The van der Waals surface area contributed by atoms with Gasteiger partial charge in [-0.1, -0.05) is 242 Å². The van der Waals surface area contributed by atoms with E-state index < -0.39 is 28.7 Å². The Morgan fingerprint density at radius 1 is 0.600 bits per heavy atom. The fourth-order valence-corrected chi connectivity index (χ4v) is 15.0. The van der Waals surface area contributed by atoms with Gasteiger partial charge in [0.1, 0.15) is 11.2 Å². The fourth-order valence-electron chi connectivity index (χ4n) is 14.7. The van der Waals surface area contributed by atoms with Crippen molar-refractivity contribution in [2.45, 2.75) is 260 Å². The summed E-state index contributed by atoms with van der Waals surface area (Å²) in [6.45, 7) is 45.2. The van der Waals surface area contributed by atoms with E-state index in [4.69, 9.17) is 17.4 Å². The Morgan fingerprint density at radius 3 is 1.54 bits per heavy atom. The molecule has 2 atom stereocenters. The molecular formula is C91H125NO7S. The smallest absolute Gasteiger partial charge is 0.418 e.